The van der Waals surface area contributed by atoms with Gasteiger partial charge in [-0.05, 0) is 61.1 Å². The molecule has 32 heavy (non-hydrogen) atoms. The highest BCUT2D eigenvalue weighted by atomic mass is 19.4. The maximum atomic E-state index is 12.6. The van der Waals surface area contributed by atoms with Gasteiger partial charge in [-0.1, -0.05) is 24.3 Å². The summed E-state index contributed by atoms with van der Waals surface area (Å²) < 4.78 is 43.1. The van der Waals surface area contributed by atoms with Gasteiger partial charge in [0.15, 0.2) is 0 Å². The molecule has 1 fully saturated rings. The molecule has 172 valence electrons. The van der Waals surface area contributed by atoms with E-state index in [4.69, 9.17) is 4.74 Å². The van der Waals surface area contributed by atoms with Gasteiger partial charge >= 0.3 is 6.18 Å². The zero-order valence-corrected chi connectivity index (χ0v) is 17.9. The maximum absolute atomic E-state index is 12.6. The standard InChI is InChI=1S/C24H27F3N2O3/c1-32-20-8-4-18(5-9-20)16-23(14-11-22(31)29-23)13-10-21(30)28-15-12-17-2-6-19(7-3-17)24(25,26)27/h2-9H,10-16H2,1H3,(H,28,30)(H,29,31)/t23-/m1/s1. The van der Waals surface area contributed by atoms with E-state index in [2.05, 4.69) is 10.6 Å². The molecule has 1 aliphatic heterocycles. The first-order valence-corrected chi connectivity index (χ1v) is 10.6. The van der Waals surface area contributed by atoms with E-state index >= 15 is 0 Å². The van der Waals surface area contributed by atoms with E-state index in [1.54, 1.807) is 7.11 Å². The van der Waals surface area contributed by atoms with Gasteiger partial charge in [0, 0.05) is 24.9 Å². The number of methoxy groups -OCH3 is 1. The topological polar surface area (TPSA) is 67.4 Å². The summed E-state index contributed by atoms with van der Waals surface area (Å²) >= 11 is 0. The van der Waals surface area contributed by atoms with E-state index in [0.717, 1.165) is 29.0 Å². The molecule has 0 aromatic heterocycles. The predicted molar refractivity (Wildman–Crippen MR) is 114 cm³/mol. The number of nitrogens with one attached hydrogen (secondary N) is 2. The van der Waals surface area contributed by atoms with Crippen LogP contribution < -0.4 is 15.4 Å². The molecular formula is C24H27F3N2O3. The number of rotatable bonds is 9. The molecule has 0 bridgehead atoms. The lowest BCUT2D eigenvalue weighted by atomic mass is 9.85. The van der Waals surface area contributed by atoms with E-state index in [1.165, 1.54) is 12.1 Å². The van der Waals surface area contributed by atoms with Crippen molar-refractivity contribution >= 4 is 11.8 Å². The third-order valence-corrected chi connectivity index (χ3v) is 5.78. The zero-order chi connectivity index (χ0) is 23.2. The molecule has 1 aliphatic rings. The molecular weight excluding hydrogens is 421 g/mol. The molecule has 1 saturated heterocycles. The Kier molecular flexibility index (Phi) is 7.43. The Morgan fingerprint density at radius 2 is 1.75 bits per heavy atom. The second-order valence-corrected chi connectivity index (χ2v) is 8.15. The molecule has 0 saturated carbocycles. The molecule has 1 heterocycles. The minimum Gasteiger partial charge on any atom is -0.497 e. The van der Waals surface area contributed by atoms with Crippen LogP contribution in [0.3, 0.4) is 0 Å². The van der Waals surface area contributed by atoms with Crippen LogP contribution in [0.1, 0.15) is 42.4 Å². The summed E-state index contributed by atoms with van der Waals surface area (Å²) in [4.78, 5) is 24.3. The largest absolute Gasteiger partial charge is 0.497 e. The number of alkyl halides is 3. The van der Waals surface area contributed by atoms with E-state index in [1.807, 2.05) is 24.3 Å². The summed E-state index contributed by atoms with van der Waals surface area (Å²) in [6.07, 6.45) is -1.42. The van der Waals surface area contributed by atoms with Gasteiger partial charge in [-0.2, -0.15) is 13.2 Å². The summed E-state index contributed by atoms with van der Waals surface area (Å²) in [6, 6.07) is 12.6. The van der Waals surface area contributed by atoms with E-state index in [-0.39, 0.29) is 18.2 Å². The molecule has 0 unspecified atom stereocenters. The van der Waals surface area contributed by atoms with Crippen LogP contribution in [0, 0.1) is 0 Å². The quantitative estimate of drug-likeness (QED) is 0.608. The Morgan fingerprint density at radius 1 is 1.09 bits per heavy atom. The smallest absolute Gasteiger partial charge is 0.416 e. The number of halogens is 3. The first-order valence-electron chi connectivity index (χ1n) is 10.6. The van der Waals surface area contributed by atoms with Crippen molar-refractivity contribution in [3.63, 3.8) is 0 Å². The van der Waals surface area contributed by atoms with Crippen molar-refractivity contribution in [2.24, 2.45) is 0 Å². The molecule has 0 radical (unpaired) electrons. The minimum atomic E-state index is -4.36. The molecule has 5 nitrogen and oxygen atoms in total. The number of benzene rings is 2. The van der Waals surface area contributed by atoms with Gasteiger partial charge in [0.1, 0.15) is 5.75 Å². The predicted octanol–water partition coefficient (Wildman–Crippen LogP) is 4.04. The normalized spacial score (nSPS) is 18.3. The number of carbonyl (C=O) groups is 2. The fraction of sp³-hybridized carbons (Fsp3) is 0.417. The SMILES string of the molecule is COc1ccc(C[C@@]2(CCC(=O)NCCc3ccc(C(F)(F)F)cc3)CCC(=O)N2)cc1. The van der Waals surface area contributed by atoms with Crippen LogP contribution in [0.4, 0.5) is 13.2 Å². The first kappa shape index (κ1) is 23.6. The third kappa shape index (κ3) is 6.48. The Morgan fingerprint density at radius 3 is 2.31 bits per heavy atom. The van der Waals surface area contributed by atoms with Crippen molar-refractivity contribution in [1.82, 2.24) is 10.6 Å². The lowest BCUT2D eigenvalue weighted by Crippen LogP contribution is -2.44. The molecule has 3 rings (SSSR count). The van der Waals surface area contributed by atoms with Gasteiger partial charge in [-0.25, -0.2) is 0 Å². The van der Waals surface area contributed by atoms with Crippen molar-refractivity contribution in [2.45, 2.75) is 50.2 Å². The average molecular weight is 448 g/mol. The van der Waals surface area contributed by atoms with Crippen LogP contribution in [-0.4, -0.2) is 31.0 Å². The Bertz CT molecular complexity index is 927. The first-order chi connectivity index (χ1) is 15.2. The van der Waals surface area contributed by atoms with Crippen molar-refractivity contribution in [3.05, 3.63) is 65.2 Å². The molecule has 0 aliphatic carbocycles. The van der Waals surface area contributed by atoms with Crippen LogP contribution in [0.2, 0.25) is 0 Å². The van der Waals surface area contributed by atoms with Crippen molar-refractivity contribution < 1.29 is 27.5 Å². The molecule has 2 aromatic carbocycles. The average Bonchev–Trinajstić information content (AvgIpc) is 3.13. The van der Waals surface area contributed by atoms with Crippen LogP contribution in [0.5, 0.6) is 5.75 Å². The highest BCUT2D eigenvalue weighted by Gasteiger charge is 2.37. The second kappa shape index (κ2) is 10.1. The second-order valence-electron chi connectivity index (χ2n) is 8.15. The van der Waals surface area contributed by atoms with Crippen LogP contribution in [0.15, 0.2) is 48.5 Å². The van der Waals surface area contributed by atoms with E-state index in [0.29, 0.717) is 38.6 Å². The number of carbonyl (C=O) groups excluding carboxylic acids is 2. The van der Waals surface area contributed by atoms with Crippen molar-refractivity contribution in [2.75, 3.05) is 13.7 Å². The molecule has 2 amide bonds. The highest BCUT2D eigenvalue weighted by molar-refractivity contribution is 5.80. The monoisotopic (exact) mass is 448 g/mol. The lowest BCUT2D eigenvalue weighted by molar-refractivity contribution is -0.137. The Hall–Kier alpha value is -3.03. The number of amides is 2. The Labute approximate surface area is 185 Å². The van der Waals surface area contributed by atoms with Gasteiger partial charge in [-0.15, -0.1) is 0 Å². The fourth-order valence-electron chi connectivity index (χ4n) is 3.96. The molecule has 2 N–H and O–H groups in total. The summed E-state index contributed by atoms with van der Waals surface area (Å²) in [6.45, 7) is 0.335. The lowest BCUT2D eigenvalue weighted by Gasteiger charge is -2.29. The highest BCUT2D eigenvalue weighted by Crippen LogP contribution is 2.30. The fourth-order valence-corrected chi connectivity index (χ4v) is 3.96. The summed E-state index contributed by atoms with van der Waals surface area (Å²) in [5.74, 6) is 0.596. The third-order valence-electron chi connectivity index (χ3n) is 5.78. The summed E-state index contributed by atoms with van der Waals surface area (Å²) in [7, 11) is 1.60. The van der Waals surface area contributed by atoms with E-state index in [9.17, 15) is 22.8 Å². The molecule has 1 atom stereocenters. The molecule has 8 heteroatoms. The van der Waals surface area contributed by atoms with Crippen molar-refractivity contribution in [3.8, 4) is 5.75 Å². The van der Waals surface area contributed by atoms with Gasteiger partial charge in [0.05, 0.1) is 12.7 Å². The number of hydrogen-bond donors (Lipinski definition) is 2. The van der Waals surface area contributed by atoms with Gasteiger partial charge in [0.2, 0.25) is 11.8 Å². The van der Waals surface area contributed by atoms with Crippen LogP contribution >= 0.6 is 0 Å². The van der Waals surface area contributed by atoms with E-state index < -0.39 is 17.3 Å². The van der Waals surface area contributed by atoms with Crippen LogP contribution in [-0.2, 0) is 28.6 Å². The summed E-state index contributed by atoms with van der Waals surface area (Å²) in [5.41, 5.74) is 0.621. The minimum absolute atomic E-state index is 0.0128. The number of ether oxygens (including phenoxy) is 1. The maximum Gasteiger partial charge on any atom is 0.416 e. The van der Waals surface area contributed by atoms with Gasteiger partial charge in [0.25, 0.3) is 0 Å². The molecule has 2 aromatic rings. The van der Waals surface area contributed by atoms with Gasteiger partial charge < -0.3 is 15.4 Å². The Balaban J connectivity index is 1.49. The molecule has 0 spiro atoms. The van der Waals surface area contributed by atoms with Gasteiger partial charge in [-0.3, -0.25) is 9.59 Å². The van der Waals surface area contributed by atoms with Crippen molar-refractivity contribution in [1.29, 1.82) is 0 Å². The number of hydrogen-bond acceptors (Lipinski definition) is 3. The summed E-state index contributed by atoms with van der Waals surface area (Å²) in [5, 5.41) is 5.87. The zero-order valence-electron chi connectivity index (χ0n) is 17.9. The van der Waals surface area contributed by atoms with Crippen LogP contribution in [0.25, 0.3) is 0 Å².